The summed E-state index contributed by atoms with van der Waals surface area (Å²) in [5, 5.41) is 5.32. The van der Waals surface area contributed by atoms with Crippen LogP contribution in [0, 0.1) is 5.92 Å². The van der Waals surface area contributed by atoms with Crippen LogP contribution < -0.4 is 16.4 Å². The largest absolute Gasteiger partial charge is 0.368 e. The summed E-state index contributed by atoms with van der Waals surface area (Å²) < 4.78 is 0. The van der Waals surface area contributed by atoms with Crippen LogP contribution >= 0.6 is 0 Å². The number of benzene rings is 1. The third-order valence-electron chi connectivity index (χ3n) is 4.11. The highest BCUT2D eigenvalue weighted by molar-refractivity contribution is 5.97. The zero-order valence-corrected chi connectivity index (χ0v) is 15.1. The molecule has 25 heavy (non-hydrogen) atoms. The molecule has 0 aromatic heterocycles. The molecule has 1 rings (SSSR count). The van der Waals surface area contributed by atoms with Crippen molar-refractivity contribution in [3.8, 4) is 0 Å². The van der Waals surface area contributed by atoms with Gasteiger partial charge in [0, 0.05) is 17.2 Å². The molecule has 0 aliphatic rings. The van der Waals surface area contributed by atoms with Gasteiger partial charge in [-0.05, 0) is 37.1 Å². The summed E-state index contributed by atoms with van der Waals surface area (Å²) in [6.45, 7) is 3.99. The molecule has 138 valence electrons. The maximum Gasteiger partial charge on any atom is 0.251 e. The molecule has 6 nitrogen and oxygen atoms in total. The highest BCUT2D eigenvalue weighted by Gasteiger charge is 2.16. The fraction of sp³-hybridized carbons (Fsp3) is 0.526. The summed E-state index contributed by atoms with van der Waals surface area (Å²) in [4.78, 5) is 34.8. The molecular formula is C19H29N3O3. The SMILES string of the molecule is CCCCCCC(CC)C(=O)Nc1ccc(C(=O)NCC(N)=O)cc1. The van der Waals surface area contributed by atoms with Gasteiger partial charge < -0.3 is 16.4 Å². The number of carbonyl (C=O) groups excluding carboxylic acids is 3. The van der Waals surface area contributed by atoms with Gasteiger partial charge in [0.05, 0.1) is 6.54 Å². The molecule has 0 aliphatic carbocycles. The summed E-state index contributed by atoms with van der Waals surface area (Å²) >= 11 is 0. The lowest BCUT2D eigenvalue weighted by Crippen LogP contribution is -2.33. The van der Waals surface area contributed by atoms with Crippen LogP contribution in [0.2, 0.25) is 0 Å². The quantitative estimate of drug-likeness (QED) is 0.536. The van der Waals surface area contributed by atoms with Crippen LogP contribution in [-0.4, -0.2) is 24.3 Å². The first-order valence-electron chi connectivity index (χ1n) is 8.95. The first kappa shape index (κ1) is 20.7. The molecule has 1 aromatic carbocycles. The van der Waals surface area contributed by atoms with Gasteiger partial charge in [0.15, 0.2) is 0 Å². The molecule has 0 saturated heterocycles. The number of hydrogen-bond donors (Lipinski definition) is 3. The van der Waals surface area contributed by atoms with Crippen molar-refractivity contribution in [3.05, 3.63) is 29.8 Å². The van der Waals surface area contributed by atoms with Gasteiger partial charge in [-0.15, -0.1) is 0 Å². The van der Waals surface area contributed by atoms with E-state index in [9.17, 15) is 14.4 Å². The number of rotatable bonds is 11. The number of nitrogens with two attached hydrogens (primary N) is 1. The van der Waals surface area contributed by atoms with E-state index in [4.69, 9.17) is 5.73 Å². The normalized spacial score (nSPS) is 11.6. The van der Waals surface area contributed by atoms with Gasteiger partial charge >= 0.3 is 0 Å². The maximum absolute atomic E-state index is 12.4. The molecule has 6 heteroatoms. The predicted octanol–water partition coefficient (Wildman–Crippen LogP) is 2.84. The second-order valence-electron chi connectivity index (χ2n) is 6.17. The second-order valence-corrected chi connectivity index (χ2v) is 6.17. The molecule has 0 fully saturated rings. The number of nitrogens with one attached hydrogen (secondary N) is 2. The Balaban J connectivity index is 2.53. The first-order valence-corrected chi connectivity index (χ1v) is 8.95. The average molecular weight is 347 g/mol. The van der Waals surface area contributed by atoms with Crippen LogP contribution in [0.15, 0.2) is 24.3 Å². The zero-order chi connectivity index (χ0) is 18.7. The van der Waals surface area contributed by atoms with Gasteiger partial charge in [0.2, 0.25) is 11.8 Å². The number of anilines is 1. The minimum absolute atomic E-state index is 0.00963. The standard InChI is InChI=1S/C19H29N3O3/c1-3-5-6-7-8-14(4-2)19(25)22-16-11-9-15(10-12-16)18(24)21-13-17(20)23/h9-12,14H,3-8,13H2,1-2H3,(H2,20,23)(H,21,24)(H,22,25). The van der Waals surface area contributed by atoms with E-state index in [1.165, 1.54) is 12.8 Å². The number of hydrogen-bond acceptors (Lipinski definition) is 3. The summed E-state index contributed by atoms with van der Waals surface area (Å²) in [5.74, 6) is -0.943. The molecule has 1 unspecified atom stereocenters. The molecule has 1 atom stereocenters. The van der Waals surface area contributed by atoms with E-state index in [2.05, 4.69) is 17.6 Å². The monoisotopic (exact) mass is 347 g/mol. The first-order chi connectivity index (χ1) is 12.0. The molecule has 0 bridgehead atoms. The average Bonchev–Trinajstić information content (AvgIpc) is 2.60. The zero-order valence-electron chi connectivity index (χ0n) is 15.1. The summed E-state index contributed by atoms with van der Waals surface area (Å²) in [7, 11) is 0. The van der Waals surface area contributed by atoms with Gasteiger partial charge in [-0.3, -0.25) is 14.4 Å². The Hall–Kier alpha value is -2.37. The summed E-state index contributed by atoms with van der Waals surface area (Å²) in [6.07, 6.45) is 6.33. The van der Waals surface area contributed by atoms with E-state index in [1.807, 2.05) is 6.92 Å². The molecule has 0 spiro atoms. The number of primary amides is 1. The molecule has 0 aliphatic heterocycles. The van der Waals surface area contributed by atoms with E-state index >= 15 is 0 Å². The van der Waals surface area contributed by atoms with Crippen molar-refractivity contribution in [3.63, 3.8) is 0 Å². The highest BCUT2D eigenvalue weighted by atomic mass is 16.2. The molecule has 0 saturated carbocycles. The fourth-order valence-corrected chi connectivity index (χ4v) is 2.56. The number of carbonyl (C=O) groups is 3. The molecular weight excluding hydrogens is 318 g/mol. The molecule has 0 radical (unpaired) electrons. The van der Waals surface area contributed by atoms with Gasteiger partial charge in [-0.25, -0.2) is 0 Å². The minimum atomic E-state index is -0.596. The second kappa shape index (κ2) is 11.2. The highest BCUT2D eigenvalue weighted by Crippen LogP contribution is 2.17. The van der Waals surface area contributed by atoms with Crippen LogP contribution in [0.1, 0.15) is 62.7 Å². The van der Waals surface area contributed by atoms with E-state index in [-0.39, 0.29) is 24.3 Å². The lowest BCUT2D eigenvalue weighted by Gasteiger charge is -2.15. The molecule has 0 heterocycles. The van der Waals surface area contributed by atoms with E-state index in [1.54, 1.807) is 24.3 Å². The van der Waals surface area contributed by atoms with Crippen LogP contribution in [0.3, 0.4) is 0 Å². The Bertz CT molecular complexity index is 570. The Morgan fingerprint density at radius 3 is 2.28 bits per heavy atom. The molecule has 1 aromatic rings. The van der Waals surface area contributed by atoms with E-state index in [0.29, 0.717) is 11.3 Å². The van der Waals surface area contributed by atoms with E-state index < -0.39 is 5.91 Å². The van der Waals surface area contributed by atoms with Gasteiger partial charge in [-0.2, -0.15) is 0 Å². The van der Waals surface area contributed by atoms with Crippen molar-refractivity contribution in [2.75, 3.05) is 11.9 Å². The van der Waals surface area contributed by atoms with Crippen molar-refractivity contribution in [1.29, 1.82) is 0 Å². The van der Waals surface area contributed by atoms with Crippen molar-refractivity contribution < 1.29 is 14.4 Å². The van der Waals surface area contributed by atoms with Gasteiger partial charge in [-0.1, -0.05) is 39.5 Å². The Morgan fingerprint density at radius 2 is 1.72 bits per heavy atom. The molecule has 3 amide bonds. The Kier molecular flexibility index (Phi) is 9.29. The van der Waals surface area contributed by atoms with E-state index in [0.717, 1.165) is 25.7 Å². The van der Waals surface area contributed by atoms with Gasteiger partial charge in [0.1, 0.15) is 0 Å². The van der Waals surface area contributed by atoms with Gasteiger partial charge in [0.25, 0.3) is 5.91 Å². The Morgan fingerprint density at radius 1 is 1.04 bits per heavy atom. The topological polar surface area (TPSA) is 101 Å². The smallest absolute Gasteiger partial charge is 0.251 e. The van der Waals surface area contributed by atoms with Crippen LogP contribution in [0.5, 0.6) is 0 Å². The lowest BCUT2D eigenvalue weighted by atomic mass is 9.97. The predicted molar refractivity (Wildman–Crippen MR) is 99.1 cm³/mol. The summed E-state index contributed by atoms with van der Waals surface area (Å²) in [6, 6.07) is 6.57. The number of amides is 3. The van der Waals surface area contributed by atoms with Crippen LogP contribution in [0.25, 0.3) is 0 Å². The lowest BCUT2D eigenvalue weighted by molar-refractivity contribution is -0.120. The third kappa shape index (κ3) is 7.83. The minimum Gasteiger partial charge on any atom is -0.368 e. The molecule has 4 N–H and O–H groups in total. The number of unbranched alkanes of at least 4 members (excludes halogenated alkanes) is 3. The van der Waals surface area contributed by atoms with Crippen molar-refractivity contribution >= 4 is 23.4 Å². The third-order valence-corrected chi connectivity index (χ3v) is 4.11. The van der Waals surface area contributed by atoms with Crippen molar-refractivity contribution in [2.45, 2.75) is 52.4 Å². The van der Waals surface area contributed by atoms with Crippen LogP contribution in [0.4, 0.5) is 5.69 Å². The Labute approximate surface area is 149 Å². The maximum atomic E-state index is 12.4. The van der Waals surface area contributed by atoms with Crippen LogP contribution in [-0.2, 0) is 9.59 Å². The van der Waals surface area contributed by atoms with Crippen molar-refractivity contribution in [2.24, 2.45) is 11.7 Å². The van der Waals surface area contributed by atoms with Crippen molar-refractivity contribution in [1.82, 2.24) is 5.32 Å². The fourth-order valence-electron chi connectivity index (χ4n) is 2.56. The summed E-state index contributed by atoms with van der Waals surface area (Å²) in [5.41, 5.74) is 6.05.